The maximum absolute atomic E-state index is 13.5. The molecule has 3 aromatic carbocycles. The number of carbonyl (C=O) groups is 2. The van der Waals surface area contributed by atoms with E-state index in [4.69, 9.17) is 18.9 Å². The number of nitrogens with one attached hydrogen (secondary N) is 3. The molecule has 1 aromatic heterocycles. The minimum Gasteiger partial charge on any atom is -0.497 e. The number of nitrogens with zero attached hydrogens (tertiary/aromatic N) is 1. The van der Waals surface area contributed by atoms with Gasteiger partial charge in [-0.05, 0) is 84.8 Å². The minimum absolute atomic E-state index is 0.0307. The van der Waals surface area contributed by atoms with E-state index in [-0.39, 0.29) is 23.3 Å². The van der Waals surface area contributed by atoms with Gasteiger partial charge in [0, 0.05) is 55.6 Å². The molecule has 11 heteroatoms. The molecule has 49 heavy (non-hydrogen) atoms. The molecule has 3 N–H and O–H groups in total. The Balaban J connectivity index is 1.19. The van der Waals surface area contributed by atoms with Crippen molar-refractivity contribution in [2.45, 2.75) is 58.0 Å². The number of hydrogen-bond acceptors (Lipinski definition) is 8. The lowest BCUT2D eigenvalue weighted by atomic mass is 9.95. The number of aryl methyl sites for hydroxylation is 1. The average molecular weight is 671 g/mol. The monoisotopic (exact) mass is 670 g/mol. The smallest absolute Gasteiger partial charge is 0.220 e. The van der Waals surface area contributed by atoms with E-state index in [1.54, 1.807) is 40.6 Å². The van der Waals surface area contributed by atoms with Crippen molar-refractivity contribution in [3.8, 4) is 34.1 Å². The van der Waals surface area contributed by atoms with Gasteiger partial charge in [0.05, 0.1) is 40.2 Å². The van der Waals surface area contributed by atoms with Crippen LogP contribution >= 0.6 is 0 Å². The van der Waals surface area contributed by atoms with Gasteiger partial charge in [-0.25, -0.2) is 0 Å². The molecule has 4 aromatic rings. The third-order valence-electron chi connectivity index (χ3n) is 8.97. The van der Waals surface area contributed by atoms with Crippen molar-refractivity contribution in [1.29, 1.82) is 0 Å². The highest BCUT2D eigenvalue weighted by Gasteiger charge is 2.29. The zero-order chi connectivity index (χ0) is 34.9. The third-order valence-corrected chi connectivity index (χ3v) is 8.97. The summed E-state index contributed by atoms with van der Waals surface area (Å²) in [6.07, 6.45) is 6.08. The number of rotatable bonds is 15. The molecule has 0 spiro atoms. The lowest BCUT2D eigenvalue weighted by Crippen LogP contribution is -2.26. The fourth-order valence-corrected chi connectivity index (χ4v) is 6.57. The van der Waals surface area contributed by atoms with Gasteiger partial charge in [-0.15, -0.1) is 0 Å². The molecular formula is C38H46N4O7. The normalized spacial score (nSPS) is 13.4. The predicted octanol–water partition coefficient (Wildman–Crippen LogP) is 5.62. The van der Waals surface area contributed by atoms with Gasteiger partial charge >= 0.3 is 0 Å². The van der Waals surface area contributed by atoms with Gasteiger partial charge in [-0.2, -0.15) is 0 Å². The van der Waals surface area contributed by atoms with E-state index in [1.807, 2.05) is 42.6 Å². The van der Waals surface area contributed by atoms with Crippen LogP contribution in [0.25, 0.3) is 22.0 Å². The second kappa shape index (κ2) is 16.3. The summed E-state index contributed by atoms with van der Waals surface area (Å²) in [5, 5.41) is 10.4. The molecule has 1 aliphatic rings. The van der Waals surface area contributed by atoms with Crippen molar-refractivity contribution in [3.05, 3.63) is 76.1 Å². The van der Waals surface area contributed by atoms with Gasteiger partial charge in [0.2, 0.25) is 23.0 Å². The number of ether oxygens (including phenoxy) is 4. The molecule has 1 atom stereocenters. The molecule has 2 amide bonds. The van der Waals surface area contributed by atoms with Gasteiger partial charge in [-0.3, -0.25) is 14.4 Å². The molecule has 1 heterocycles. The quantitative estimate of drug-likeness (QED) is 0.139. The summed E-state index contributed by atoms with van der Waals surface area (Å²) in [5.74, 6) is 2.20. The number of benzene rings is 2. The van der Waals surface area contributed by atoms with Crippen LogP contribution in [-0.2, 0) is 22.6 Å². The molecule has 0 bridgehead atoms. The molecule has 0 fully saturated rings. The average Bonchev–Trinajstić information content (AvgIpc) is 3.35. The summed E-state index contributed by atoms with van der Waals surface area (Å²) in [6, 6.07) is 14.9. The van der Waals surface area contributed by atoms with Crippen molar-refractivity contribution >= 4 is 28.4 Å². The van der Waals surface area contributed by atoms with Crippen LogP contribution in [0.2, 0.25) is 0 Å². The molecule has 5 rings (SSSR count). The first kappa shape index (κ1) is 35.1. The van der Waals surface area contributed by atoms with Crippen molar-refractivity contribution in [1.82, 2.24) is 15.2 Å². The minimum atomic E-state index is -0.368. The first-order chi connectivity index (χ1) is 23.8. The molecule has 1 aliphatic carbocycles. The Morgan fingerprint density at radius 3 is 2.43 bits per heavy atom. The summed E-state index contributed by atoms with van der Waals surface area (Å²) in [4.78, 5) is 38.2. The lowest BCUT2D eigenvalue weighted by molar-refractivity contribution is -0.121. The van der Waals surface area contributed by atoms with E-state index in [0.717, 1.165) is 52.6 Å². The van der Waals surface area contributed by atoms with E-state index in [2.05, 4.69) is 20.5 Å². The Labute approximate surface area is 286 Å². The number of unbranched alkanes of at least 4 members (excludes halogenated alkanes) is 2. The van der Waals surface area contributed by atoms with E-state index < -0.39 is 0 Å². The number of aromatic nitrogens is 1. The van der Waals surface area contributed by atoms with E-state index in [0.29, 0.717) is 67.4 Å². The van der Waals surface area contributed by atoms with Gasteiger partial charge in [-0.1, -0.05) is 12.5 Å². The Hall–Kier alpha value is -5.19. The first-order valence-corrected chi connectivity index (χ1v) is 16.7. The second-order valence-corrected chi connectivity index (χ2v) is 12.1. The van der Waals surface area contributed by atoms with Gasteiger partial charge in [0.1, 0.15) is 5.75 Å². The third kappa shape index (κ3) is 8.10. The summed E-state index contributed by atoms with van der Waals surface area (Å²) in [6.45, 7) is 3.30. The van der Waals surface area contributed by atoms with Crippen LogP contribution in [0.5, 0.6) is 23.0 Å². The van der Waals surface area contributed by atoms with E-state index >= 15 is 0 Å². The van der Waals surface area contributed by atoms with Crippen LogP contribution in [0.15, 0.2) is 59.5 Å². The van der Waals surface area contributed by atoms with Crippen molar-refractivity contribution in [2.24, 2.45) is 0 Å². The molecule has 0 saturated heterocycles. The molecule has 260 valence electrons. The number of hydrogen-bond donors (Lipinski definition) is 3. The van der Waals surface area contributed by atoms with Crippen molar-refractivity contribution in [3.63, 3.8) is 0 Å². The maximum Gasteiger partial charge on any atom is 0.220 e. The number of methoxy groups -OCH3 is 4. The molecule has 0 aliphatic heterocycles. The highest BCUT2D eigenvalue weighted by atomic mass is 16.5. The molecule has 11 nitrogen and oxygen atoms in total. The highest BCUT2D eigenvalue weighted by molar-refractivity contribution is 5.84. The second-order valence-electron chi connectivity index (χ2n) is 12.1. The van der Waals surface area contributed by atoms with Crippen LogP contribution in [0.1, 0.15) is 56.2 Å². The summed E-state index contributed by atoms with van der Waals surface area (Å²) >= 11 is 0. The fourth-order valence-electron chi connectivity index (χ4n) is 6.57. The number of anilines is 1. The number of carbonyl (C=O) groups excluding carboxylic acids is 2. The maximum atomic E-state index is 13.5. The molecule has 0 saturated carbocycles. The van der Waals surface area contributed by atoms with Crippen molar-refractivity contribution in [2.75, 3.05) is 46.8 Å². The van der Waals surface area contributed by atoms with Gasteiger partial charge < -0.3 is 39.5 Å². The van der Waals surface area contributed by atoms with Gasteiger partial charge in [0.25, 0.3) is 0 Å². The number of amides is 2. The highest BCUT2D eigenvalue weighted by Crippen LogP contribution is 2.50. The van der Waals surface area contributed by atoms with Crippen LogP contribution in [0.4, 0.5) is 5.69 Å². The zero-order valence-electron chi connectivity index (χ0n) is 28.9. The van der Waals surface area contributed by atoms with E-state index in [9.17, 15) is 14.4 Å². The topological polar surface area (TPSA) is 129 Å². The Morgan fingerprint density at radius 2 is 1.69 bits per heavy atom. The van der Waals surface area contributed by atoms with Crippen LogP contribution in [-0.4, -0.2) is 57.9 Å². The lowest BCUT2D eigenvalue weighted by Gasteiger charge is -2.19. The summed E-state index contributed by atoms with van der Waals surface area (Å²) < 4.78 is 24.5. The summed E-state index contributed by atoms with van der Waals surface area (Å²) in [7, 11) is 6.37. The fraction of sp³-hybridized carbons (Fsp3) is 0.395. The molecule has 0 radical (unpaired) electrons. The van der Waals surface area contributed by atoms with Gasteiger partial charge in [0.15, 0.2) is 11.5 Å². The first-order valence-electron chi connectivity index (χ1n) is 16.7. The molecular weight excluding hydrogens is 624 g/mol. The standard InChI is InChI=1S/C38H46N4O7/c1-24(43)41-30-13-10-26-22-34(47-3)37(48-4)38(49-5)36(26)28-12-14-31(33(44)23-29(28)30)39-17-8-6-7-9-35(45)40-18-20-42-19-16-25-21-27(46-2)11-15-32(25)42/h11-12,14-16,19,21-23,30H,6-10,13,17-18,20H2,1-5H3,(H,39,44)(H,40,45)(H,41,43)/t30-/m0/s1. The van der Waals surface area contributed by atoms with Crippen molar-refractivity contribution < 1.29 is 28.5 Å². The molecule has 0 unspecified atom stereocenters. The van der Waals surface area contributed by atoms with Crippen LogP contribution < -0.4 is 40.3 Å². The summed E-state index contributed by atoms with van der Waals surface area (Å²) in [5.41, 5.74) is 4.67. The van der Waals surface area contributed by atoms with Crippen LogP contribution in [0.3, 0.4) is 0 Å². The Morgan fingerprint density at radius 1 is 0.878 bits per heavy atom. The Kier molecular flexibility index (Phi) is 11.7. The van der Waals surface area contributed by atoms with E-state index in [1.165, 1.54) is 6.92 Å². The largest absolute Gasteiger partial charge is 0.497 e. The zero-order valence-corrected chi connectivity index (χ0v) is 28.9. The number of fused-ring (bicyclic) bond motifs is 4. The SMILES string of the molecule is COc1ccc2c(ccn2CCNC(=O)CCCCCNc2ccc3c(cc2=O)[C@@H](NC(C)=O)CCc2cc(OC)c(OC)c(OC)c2-3)c1. The Bertz CT molecular complexity index is 1870. The van der Waals surface area contributed by atoms with Crippen LogP contribution in [0, 0.1) is 0 Å². The predicted molar refractivity (Wildman–Crippen MR) is 191 cm³/mol.